The van der Waals surface area contributed by atoms with Crippen LogP contribution in [-0.4, -0.2) is 358 Å². The number of rotatable bonds is 29. The number of carboxylic acids is 3. The highest BCUT2D eigenvalue weighted by Gasteiger charge is 2.62. The summed E-state index contributed by atoms with van der Waals surface area (Å²) in [5.41, 5.74) is 5.44. The second kappa shape index (κ2) is 33.1. The molecule has 548 valence electrons. The Morgan fingerprint density at radius 1 is 0.389 bits per heavy atom. The highest BCUT2D eigenvalue weighted by atomic mass is 32.3. The lowest BCUT2D eigenvalue weighted by Gasteiger charge is -2.50. The number of nitrogens with one attached hydrogen (secondary N) is 3. The van der Waals surface area contributed by atoms with Crippen molar-refractivity contribution < 1.29 is 203 Å². The summed E-state index contributed by atoms with van der Waals surface area (Å²) in [6.45, 7) is -1.82. The monoisotopic (exact) mass is 1450 g/mol. The first-order valence-electron chi connectivity index (χ1n) is 27.7. The Balaban J connectivity index is 1.29. The van der Waals surface area contributed by atoms with Gasteiger partial charge in [-0.3, -0.25) is 28.0 Å². The zero-order valence-corrected chi connectivity index (χ0v) is 51.5. The third-order valence-electron chi connectivity index (χ3n) is 14.8. The number of ether oxygens (including phenoxy) is 12. The van der Waals surface area contributed by atoms with Gasteiger partial charge in [0.1, 0.15) is 110 Å². The fourth-order valence-corrected chi connectivity index (χ4v) is 12.2. The standard InChI is InChI=1S/C45H72N4O43S3/c1-10(53)47-16-20(57)19(56)13(7-50)79-40(16)84-29-24(61)32(91-94(72,73)74)44(88-35(29)38(65)66)82-27-15(9-52)81-42(18(22(27)59)49-12(3)55)86-30-25(62)33(92-95(75,76)77)45(89-36(30)39(67)68)83-26-14(8-51)80-41(17(21(26)58)48-11(2)54)85-28-23(60)31(90-93(69,70)71)43(78-6-4-5-46)87-34(28)37(63)64/h13-36,40-45,50-52,56-62H,4-9,46H2,1-3H3,(H,47,53)(H,48,54)(H,49,55)(H,63,64)(H,65,66)(H,67,68)(H,69,70,71)(H,72,73,74)(H,75,76,77)/t13-,14-,15-,16-,17-,18-,19-,20-,21-,22-,23+,24+,25+,26-,27-,28+,29+,30+,31-,32-,33-,34+,35-,36-,40-,41-,42-,43-,44-,45-/m1/s1. The smallest absolute Gasteiger partial charge is 0.397 e. The van der Waals surface area contributed by atoms with Gasteiger partial charge in [-0.2, -0.15) is 25.3 Å². The van der Waals surface area contributed by atoms with Crippen molar-refractivity contribution in [2.24, 2.45) is 5.73 Å². The summed E-state index contributed by atoms with van der Waals surface area (Å²) in [7, 11) is -17.3. The number of hydrogen-bond donors (Lipinski definition) is 20. The van der Waals surface area contributed by atoms with E-state index in [1.165, 1.54) is 0 Å². The molecule has 21 N–H and O–H groups in total. The zero-order chi connectivity index (χ0) is 71.3. The van der Waals surface area contributed by atoms with Gasteiger partial charge in [-0.15, -0.1) is 0 Å². The van der Waals surface area contributed by atoms with Crippen LogP contribution in [0.25, 0.3) is 0 Å². The normalized spacial score (nSPS) is 41.3. The van der Waals surface area contributed by atoms with Gasteiger partial charge < -0.3 is 145 Å². The van der Waals surface area contributed by atoms with Crippen molar-refractivity contribution in [2.75, 3.05) is 33.0 Å². The Hall–Kier alpha value is -4.49. The van der Waals surface area contributed by atoms with E-state index in [1.807, 2.05) is 0 Å². The molecule has 6 aliphatic rings. The average Bonchev–Trinajstić information content (AvgIpc) is 0.769. The molecule has 0 bridgehead atoms. The van der Waals surface area contributed by atoms with Crippen molar-refractivity contribution in [3.05, 3.63) is 0 Å². The van der Waals surface area contributed by atoms with Crippen LogP contribution in [0.15, 0.2) is 0 Å². The van der Waals surface area contributed by atoms with Gasteiger partial charge in [-0.05, 0) is 13.0 Å². The molecule has 0 aliphatic carbocycles. The molecule has 95 heavy (non-hydrogen) atoms. The second-order valence-corrected chi connectivity index (χ2v) is 24.7. The molecule has 6 rings (SSSR count). The molecule has 0 aromatic heterocycles. The molecule has 0 unspecified atom stereocenters. The van der Waals surface area contributed by atoms with E-state index in [4.69, 9.17) is 62.6 Å². The molecule has 0 saturated carbocycles. The Kier molecular flexibility index (Phi) is 27.7. The Labute approximate surface area is 534 Å². The first-order chi connectivity index (χ1) is 44.1. The highest BCUT2D eigenvalue weighted by molar-refractivity contribution is 7.81. The Morgan fingerprint density at radius 3 is 0.958 bits per heavy atom. The first-order valence-corrected chi connectivity index (χ1v) is 31.8. The molecule has 0 aromatic carbocycles. The minimum atomic E-state index is -5.95. The summed E-state index contributed by atoms with van der Waals surface area (Å²) in [4.78, 5) is 76.0. The molecule has 6 aliphatic heterocycles. The molecule has 0 radical (unpaired) electrons. The number of carboxylic acid groups (broad SMARTS) is 3. The summed E-state index contributed by atoms with van der Waals surface area (Å²) in [5.74, 6) is -9.49. The molecule has 3 amide bonds. The fourth-order valence-electron chi connectivity index (χ4n) is 10.7. The number of hydrogen-bond acceptors (Lipinski definition) is 38. The van der Waals surface area contributed by atoms with Gasteiger partial charge in [-0.1, -0.05) is 0 Å². The molecule has 6 fully saturated rings. The predicted octanol–water partition coefficient (Wildman–Crippen LogP) is -13.5. The van der Waals surface area contributed by atoms with Gasteiger partial charge >= 0.3 is 49.1 Å². The number of carbonyl (C=O) groups excluding carboxylic acids is 3. The van der Waals surface area contributed by atoms with E-state index in [2.05, 4.69) is 28.5 Å². The SMILES string of the molecule is CC(=O)N[C@H]1[C@@H](O[C@H]2[C@H](O)[C@@H](OS(=O)(=O)O)[C@H](OCCCN)O[C@@H]2C(=O)O)O[C@H](CO)[C@@H](O[C@@H]2O[C@@H](C(=O)O)[C@@H](O[C@H]3O[C@H](CO)[C@@H](O[C@@H]4O[C@@H](C(=O)O)[C@@H](O[C@H]5O[C@H](CO)[C@@H](O)[C@H](O)[C@H]5NC(C)=O)[C@H](O)[C@H]4OS(=O)(=O)O)[C@H](O)[C@H]3NC(C)=O)[C@H](O)[C@H]2OS(=O)(=O)O)[C@@H]1O. The van der Waals surface area contributed by atoms with Gasteiger partial charge in [0.15, 0.2) is 74.4 Å². The summed E-state index contributed by atoms with van der Waals surface area (Å²) >= 11 is 0. The van der Waals surface area contributed by atoms with Crippen LogP contribution in [0.5, 0.6) is 0 Å². The maximum absolute atomic E-state index is 13.1. The van der Waals surface area contributed by atoms with E-state index in [-0.39, 0.29) is 19.6 Å². The quantitative estimate of drug-likeness (QED) is 0.0244. The predicted molar refractivity (Wildman–Crippen MR) is 284 cm³/mol. The number of nitrogens with two attached hydrogens (primary N) is 1. The van der Waals surface area contributed by atoms with Gasteiger partial charge in [0.05, 0.1) is 26.4 Å². The third kappa shape index (κ3) is 19.9. The number of carbonyl (C=O) groups is 6. The van der Waals surface area contributed by atoms with Gasteiger partial charge in [0.2, 0.25) is 17.7 Å². The summed E-state index contributed by atoms with van der Waals surface area (Å²) in [6.07, 6.45) is -66.3. The summed E-state index contributed by atoms with van der Waals surface area (Å²) < 4.78 is 183. The van der Waals surface area contributed by atoms with Crippen LogP contribution in [0.4, 0.5) is 0 Å². The molecule has 6 saturated heterocycles. The molecule has 6 heterocycles. The van der Waals surface area contributed by atoms with Crippen LogP contribution < -0.4 is 21.7 Å². The van der Waals surface area contributed by atoms with Crippen molar-refractivity contribution >= 4 is 66.8 Å². The molecule has 50 heteroatoms. The van der Waals surface area contributed by atoms with E-state index in [9.17, 15) is 134 Å². The molecular formula is C45H72N4O43S3. The van der Waals surface area contributed by atoms with Gasteiger partial charge in [0.25, 0.3) is 0 Å². The lowest BCUT2D eigenvalue weighted by molar-refractivity contribution is -0.376. The molecule has 0 spiro atoms. The number of amides is 3. The minimum Gasteiger partial charge on any atom is -0.479 e. The number of aliphatic carboxylic acids is 3. The van der Waals surface area contributed by atoms with E-state index < -0.39 is 271 Å². The third-order valence-corrected chi connectivity index (χ3v) is 16.2. The van der Waals surface area contributed by atoms with E-state index >= 15 is 0 Å². The van der Waals surface area contributed by atoms with E-state index in [1.54, 1.807) is 0 Å². The van der Waals surface area contributed by atoms with Crippen LogP contribution in [0.1, 0.15) is 27.2 Å². The van der Waals surface area contributed by atoms with E-state index in [0.29, 0.717) is 0 Å². The van der Waals surface area contributed by atoms with Crippen LogP contribution >= 0.6 is 0 Å². The number of aliphatic hydroxyl groups excluding tert-OH is 10. The van der Waals surface area contributed by atoms with Crippen LogP contribution in [0.2, 0.25) is 0 Å². The summed E-state index contributed by atoms with van der Waals surface area (Å²) in [6, 6.07) is -6.31. The molecule has 30 atom stereocenters. The van der Waals surface area contributed by atoms with Crippen molar-refractivity contribution in [1.82, 2.24) is 16.0 Å². The molecular weight excluding hydrogens is 1380 g/mol. The topological polar surface area (TPSA) is 729 Å². The lowest BCUT2D eigenvalue weighted by Crippen LogP contribution is -2.71. The maximum atomic E-state index is 13.1. The second-order valence-electron chi connectivity index (χ2n) is 21.6. The van der Waals surface area contributed by atoms with Crippen molar-refractivity contribution in [3.63, 3.8) is 0 Å². The maximum Gasteiger partial charge on any atom is 0.397 e. The van der Waals surface area contributed by atoms with Crippen molar-refractivity contribution in [1.29, 1.82) is 0 Å². The van der Waals surface area contributed by atoms with Crippen LogP contribution in [0.3, 0.4) is 0 Å². The lowest BCUT2D eigenvalue weighted by atomic mass is 9.93. The van der Waals surface area contributed by atoms with Crippen molar-refractivity contribution in [3.8, 4) is 0 Å². The number of aliphatic hydroxyl groups is 10. The minimum absolute atomic E-state index is 0.0352. The molecule has 0 aromatic rings. The first kappa shape index (κ1) is 79.5. The zero-order valence-electron chi connectivity index (χ0n) is 49.0. The average molecular weight is 1450 g/mol. The molecule has 47 nitrogen and oxygen atoms in total. The highest BCUT2D eigenvalue weighted by Crippen LogP contribution is 2.39. The van der Waals surface area contributed by atoms with Crippen LogP contribution in [-0.2, 0) is 129 Å². The largest absolute Gasteiger partial charge is 0.479 e. The Morgan fingerprint density at radius 2 is 0.674 bits per heavy atom. The van der Waals surface area contributed by atoms with Gasteiger partial charge in [-0.25, -0.2) is 26.9 Å². The van der Waals surface area contributed by atoms with Crippen LogP contribution in [0, 0.1) is 0 Å². The fraction of sp³-hybridized carbons (Fsp3) is 0.867. The van der Waals surface area contributed by atoms with E-state index in [0.717, 1.165) is 20.8 Å². The Bertz CT molecular complexity index is 3000. The summed E-state index contributed by atoms with van der Waals surface area (Å²) in [5, 5.41) is 148. The van der Waals surface area contributed by atoms with Crippen molar-refractivity contribution in [2.45, 2.75) is 211 Å². The van der Waals surface area contributed by atoms with Gasteiger partial charge in [0, 0.05) is 20.8 Å².